The zero-order valence-electron chi connectivity index (χ0n) is 27.4. The van der Waals surface area contributed by atoms with Gasteiger partial charge in [0.05, 0.1) is 55.8 Å². The molecule has 3 heterocycles. The molecule has 0 radical (unpaired) electrons. The topological polar surface area (TPSA) is 120 Å². The third-order valence-corrected chi connectivity index (χ3v) is 9.98. The highest BCUT2D eigenvalue weighted by Crippen LogP contribution is 2.42. The fourth-order valence-electron chi connectivity index (χ4n) is 5.69. The molecule has 1 N–H and O–H groups in total. The monoisotopic (exact) mass is 696 g/mol. The molecule has 0 spiro atoms. The molecule has 1 aliphatic heterocycles. The number of hydrogen-bond acceptors (Lipinski definition) is 10. The van der Waals surface area contributed by atoms with E-state index in [0.717, 1.165) is 21.7 Å². The Labute approximate surface area is 292 Å². The number of carbonyl (C=O) groups excluding carboxylic acids is 2. The first kappa shape index (κ1) is 33.7. The average molecular weight is 697 g/mol. The van der Waals surface area contributed by atoms with Crippen LogP contribution in [-0.2, 0) is 24.3 Å². The Balaban J connectivity index is 1.23. The van der Waals surface area contributed by atoms with Crippen LogP contribution in [0.25, 0.3) is 0 Å². The van der Waals surface area contributed by atoms with E-state index in [1.807, 2.05) is 64.5 Å². The van der Waals surface area contributed by atoms with Crippen LogP contribution < -0.4 is 19.5 Å². The lowest BCUT2D eigenvalue weighted by Crippen LogP contribution is -2.29. The molecule has 252 valence electrons. The number of nitrogens with zero attached hydrogens (tertiary/aromatic N) is 5. The van der Waals surface area contributed by atoms with Gasteiger partial charge in [-0.15, -0.1) is 21.5 Å². The SMILES string of the molecule is COc1ccccc1C(=O)NCc1nnc(SCC(=O)N2N=C(c3cccs3)C[C@@H]2c2cccc(OC)c2OC)n1CCc1ccccc1. The molecule has 0 fully saturated rings. The number of para-hydroxylation sites is 2. The lowest BCUT2D eigenvalue weighted by Gasteiger charge is -2.24. The number of nitrogens with one attached hydrogen (secondary N) is 1. The number of thiophene rings is 1. The van der Waals surface area contributed by atoms with E-state index in [2.05, 4.69) is 27.6 Å². The van der Waals surface area contributed by atoms with Crippen LogP contribution in [0.15, 0.2) is 101 Å². The summed E-state index contributed by atoms with van der Waals surface area (Å²) in [6.07, 6.45) is 1.25. The summed E-state index contributed by atoms with van der Waals surface area (Å²) in [5.41, 5.74) is 3.22. The van der Waals surface area contributed by atoms with E-state index in [1.165, 1.54) is 18.9 Å². The zero-order chi connectivity index (χ0) is 34.2. The molecule has 13 heteroatoms. The van der Waals surface area contributed by atoms with Gasteiger partial charge in [0.15, 0.2) is 22.5 Å². The zero-order valence-corrected chi connectivity index (χ0v) is 29.0. The predicted molar refractivity (Wildman–Crippen MR) is 190 cm³/mol. The number of hydrogen-bond donors (Lipinski definition) is 1. The van der Waals surface area contributed by atoms with Crippen molar-refractivity contribution >= 4 is 40.6 Å². The Bertz CT molecular complexity index is 1930. The van der Waals surface area contributed by atoms with E-state index in [9.17, 15) is 9.59 Å². The van der Waals surface area contributed by atoms with Crippen LogP contribution in [-0.4, -0.2) is 64.4 Å². The average Bonchev–Trinajstić information content (AvgIpc) is 3.92. The highest BCUT2D eigenvalue weighted by atomic mass is 32.2. The number of thioether (sulfide) groups is 1. The summed E-state index contributed by atoms with van der Waals surface area (Å²) in [5.74, 6) is 1.82. The maximum Gasteiger partial charge on any atom is 0.255 e. The molecule has 3 aromatic carbocycles. The number of amides is 2. The van der Waals surface area contributed by atoms with Crippen molar-refractivity contribution in [1.29, 1.82) is 0 Å². The first-order chi connectivity index (χ1) is 24.0. The van der Waals surface area contributed by atoms with Gasteiger partial charge in [0.2, 0.25) is 0 Å². The van der Waals surface area contributed by atoms with Crippen LogP contribution in [0.4, 0.5) is 0 Å². The fraction of sp³-hybridized carbons (Fsp3) is 0.250. The third-order valence-electron chi connectivity index (χ3n) is 8.11. The van der Waals surface area contributed by atoms with Crippen molar-refractivity contribution in [3.8, 4) is 17.2 Å². The van der Waals surface area contributed by atoms with Crippen molar-refractivity contribution in [1.82, 2.24) is 25.1 Å². The number of rotatable bonds is 14. The van der Waals surface area contributed by atoms with Crippen molar-refractivity contribution < 1.29 is 23.8 Å². The van der Waals surface area contributed by atoms with E-state index in [0.29, 0.717) is 53.2 Å². The quantitative estimate of drug-likeness (QED) is 0.140. The molecule has 0 unspecified atom stereocenters. The van der Waals surface area contributed by atoms with Gasteiger partial charge in [-0.2, -0.15) is 5.10 Å². The summed E-state index contributed by atoms with van der Waals surface area (Å²) in [4.78, 5) is 28.1. The van der Waals surface area contributed by atoms with E-state index in [-0.39, 0.29) is 30.2 Å². The van der Waals surface area contributed by atoms with Crippen LogP contribution >= 0.6 is 23.1 Å². The van der Waals surface area contributed by atoms with Gasteiger partial charge >= 0.3 is 0 Å². The molecule has 0 saturated heterocycles. The van der Waals surface area contributed by atoms with Crippen LogP contribution in [0.3, 0.4) is 0 Å². The third kappa shape index (κ3) is 7.63. The van der Waals surface area contributed by atoms with Crippen molar-refractivity contribution in [2.24, 2.45) is 5.10 Å². The molecule has 0 aliphatic carbocycles. The lowest BCUT2D eigenvalue weighted by atomic mass is 9.99. The largest absolute Gasteiger partial charge is 0.496 e. The normalized spacial score (nSPS) is 14.0. The fourth-order valence-corrected chi connectivity index (χ4v) is 7.25. The van der Waals surface area contributed by atoms with Gasteiger partial charge in [-0.3, -0.25) is 9.59 Å². The van der Waals surface area contributed by atoms with Gasteiger partial charge in [-0.1, -0.05) is 72.4 Å². The maximum atomic E-state index is 14.0. The molecule has 2 aromatic heterocycles. The molecule has 5 aromatic rings. The molecule has 6 rings (SSSR count). The number of benzene rings is 3. The lowest BCUT2D eigenvalue weighted by molar-refractivity contribution is -0.130. The van der Waals surface area contributed by atoms with Crippen LogP contribution in [0.2, 0.25) is 0 Å². The van der Waals surface area contributed by atoms with Gasteiger partial charge in [-0.25, -0.2) is 5.01 Å². The summed E-state index contributed by atoms with van der Waals surface area (Å²) >= 11 is 2.88. The van der Waals surface area contributed by atoms with Gasteiger partial charge < -0.3 is 24.1 Å². The second-order valence-electron chi connectivity index (χ2n) is 11.0. The van der Waals surface area contributed by atoms with Gasteiger partial charge in [-0.05, 0) is 41.6 Å². The molecule has 2 amide bonds. The van der Waals surface area contributed by atoms with E-state index in [1.54, 1.807) is 48.8 Å². The van der Waals surface area contributed by atoms with Crippen LogP contribution in [0, 0.1) is 0 Å². The summed E-state index contributed by atoms with van der Waals surface area (Å²) in [6, 6.07) is 26.4. The number of aromatic nitrogens is 3. The van der Waals surface area contributed by atoms with Crippen LogP contribution in [0.5, 0.6) is 17.2 Å². The first-order valence-corrected chi connectivity index (χ1v) is 17.5. The van der Waals surface area contributed by atoms with E-state index in [4.69, 9.17) is 19.3 Å². The molecule has 0 saturated carbocycles. The Hall–Kier alpha value is -5.14. The maximum absolute atomic E-state index is 14.0. The second-order valence-corrected chi connectivity index (χ2v) is 12.9. The molecule has 0 bridgehead atoms. The molecule has 1 atom stereocenters. The van der Waals surface area contributed by atoms with Crippen molar-refractivity contribution in [3.05, 3.63) is 118 Å². The molecule has 1 aliphatic rings. The second kappa shape index (κ2) is 15.8. The smallest absolute Gasteiger partial charge is 0.255 e. The van der Waals surface area contributed by atoms with Crippen molar-refractivity contribution in [2.45, 2.75) is 37.1 Å². The molecule has 11 nitrogen and oxygen atoms in total. The Morgan fingerprint density at radius 3 is 2.43 bits per heavy atom. The van der Waals surface area contributed by atoms with E-state index >= 15 is 0 Å². The molecule has 49 heavy (non-hydrogen) atoms. The standard InChI is InChI=1S/C36H36N6O5S2/c1-45-29-15-8-7-13-26(29)35(44)37-22-32-38-39-36(41(32)19-18-24-11-5-4-6-12-24)49-23-33(43)42-28(21-27(40-42)31-17-10-20-48-31)25-14-9-16-30(46-2)34(25)47-3/h4-17,20,28H,18-19,21-23H2,1-3H3,(H,37,44)/t28-/m1/s1. The van der Waals surface area contributed by atoms with E-state index < -0.39 is 0 Å². The summed E-state index contributed by atoms with van der Waals surface area (Å²) < 4.78 is 18.6. The Morgan fingerprint density at radius 2 is 1.67 bits per heavy atom. The van der Waals surface area contributed by atoms with Gasteiger partial charge in [0, 0.05) is 18.5 Å². The number of hydrazone groups is 1. The number of methoxy groups -OCH3 is 3. The van der Waals surface area contributed by atoms with Gasteiger partial charge in [0.25, 0.3) is 11.8 Å². The molecular formula is C36H36N6O5S2. The minimum absolute atomic E-state index is 0.0705. The summed E-state index contributed by atoms with van der Waals surface area (Å²) in [5, 5.41) is 20.8. The molecular weight excluding hydrogens is 661 g/mol. The minimum Gasteiger partial charge on any atom is -0.496 e. The van der Waals surface area contributed by atoms with Gasteiger partial charge in [0.1, 0.15) is 5.75 Å². The predicted octanol–water partition coefficient (Wildman–Crippen LogP) is 6.01. The first-order valence-electron chi connectivity index (χ1n) is 15.6. The van der Waals surface area contributed by atoms with Crippen molar-refractivity contribution in [2.75, 3.05) is 27.1 Å². The van der Waals surface area contributed by atoms with Crippen molar-refractivity contribution in [3.63, 3.8) is 0 Å². The Kier molecular flexibility index (Phi) is 10.9. The highest BCUT2D eigenvalue weighted by Gasteiger charge is 2.36. The van der Waals surface area contributed by atoms with Crippen LogP contribution in [0.1, 0.15) is 44.6 Å². The summed E-state index contributed by atoms with van der Waals surface area (Å²) in [7, 11) is 4.72. The highest BCUT2D eigenvalue weighted by molar-refractivity contribution is 7.99. The number of carbonyl (C=O) groups is 2. The number of aryl methyl sites for hydroxylation is 1. The number of ether oxygens (including phenoxy) is 3. The Morgan fingerprint density at radius 1 is 0.898 bits per heavy atom. The summed E-state index contributed by atoms with van der Waals surface area (Å²) in [6.45, 7) is 0.701. The minimum atomic E-state index is -0.382.